The zero-order chi connectivity index (χ0) is 19.2. The summed E-state index contributed by atoms with van der Waals surface area (Å²) in [5.41, 5.74) is 1.71. The van der Waals surface area contributed by atoms with Gasteiger partial charge in [0, 0.05) is 0 Å². The van der Waals surface area contributed by atoms with E-state index in [0.717, 1.165) is 56.9 Å². The molecule has 146 valence electrons. The van der Waals surface area contributed by atoms with Crippen LogP contribution >= 0.6 is 0 Å². The molecule has 0 aliphatic heterocycles. The normalized spacial score (nSPS) is 14.0. The van der Waals surface area contributed by atoms with Gasteiger partial charge in [0.25, 0.3) is 0 Å². The summed E-state index contributed by atoms with van der Waals surface area (Å²) >= 11 is 0. The van der Waals surface area contributed by atoms with Crippen molar-refractivity contribution in [2.75, 3.05) is 13.2 Å². The second-order valence-electron chi connectivity index (χ2n) is 6.81. The van der Waals surface area contributed by atoms with Crippen molar-refractivity contribution in [1.29, 1.82) is 0 Å². The van der Waals surface area contributed by atoms with E-state index in [1.165, 1.54) is 0 Å². The lowest BCUT2D eigenvalue weighted by Crippen LogP contribution is -2.18. The molecule has 1 aliphatic rings. The van der Waals surface area contributed by atoms with Gasteiger partial charge in [-0.1, -0.05) is 70.1 Å². The number of hydrogen-bond donors (Lipinski definition) is 0. The first-order chi connectivity index (χ1) is 12.6. The molecule has 0 amide bonds. The Labute approximate surface area is 158 Å². The summed E-state index contributed by atoms with van der Waals surface area (Å²) in [5, 5.41) is 0. The number of unbranched alkanes of at least 4 members (excludes halogenated alkanes) is 6. The molecule has 0 radical (unpaired) electrons. The molecule has 26 heavy (non-hydrogen) atoms. The van der Waals surface area contributed by atoms with Crippen LogP contribution in [0.15, 0.2) is 34.9 Å². The van der Waals surface area contributed by atoms with Gasteiger partial charge in [0.15, 0.2) is 0 Å². The largest absolute Gasteiger partial charge is 0.462 e. The molecule has 0 N–H and O–H groups in total. The predicted molar refractivity (Wildman–Crippen MR) is 105 cm³/mol. The Balaban J connectivity index is 2.62. The molecule has 4 nitrogen and oxygen atoms in total. The lowest BCUT2D eigenvalue weighted by molar-refractivity contribution is -0.142. The maximum Gasteiger partial charge on any atom is 0.338 e. The molecule has 1 rings (SSSR count). The standard InChI is InChI=1S/C22H34O4/c1-4-6-8-10-16-25-21(23)19-14-12-18(3)13-15-20(19)22(24)26-17-11-9-7-5-2/h12,14-15H,4-11,13,16-17H2,1-3H3. The van der Waals surface area contributed by atoms with Crippen LogP contribution in [0.5, 0.6) is 0 Å². The van der Waals surface area contributed by atoms with Gasteiger partial charge in [-0.15, -0.1) is 0 Å². The molecule has 0 fully saturated rings. The second-order valence-corrected chi connectivity index (χ2v) is 6.81. The fourth-order valence-corrected chi connectivity index (χ4v) is 2.67. The fraction of sp³-hybridized carbons (Fsp3) is 0.636. The molecule has 4 heteroatoms. The van der Waals surface area contributed by atoms with Gasteiger partial charge < -0.3 is 9.47 Å². The van der Waals surface area contributed by atoms with Crippen molar-refractivity contribution in [3.05, 3.63) is 34.9 Å². The van der Waals surface area contributed by atoms with E-state index in [1.54, 1.807) is 12.2 Å². The molecule has 0 aromatic carbocycles. The van der Waals surface area contributed by atoms with Crippen molar-refractivity contribution in [3.8, 4) is 0 Å². The average molecular weight is 363 g/mol. The van der Waals surface area contributed by atoms with Crippen LogP contribution in [0.2, 0.25) is 0 Å². The molecule has 0 aromatic rings. The first-order valence-electron chi connectivity index (χ1n) is 10.0. The molecule has 0 saturated heterocycles. The van der Waals surface area contributed by atoms with Crippen LogP contribution in [-0.4, -0.2) is 25.2 Å². The SMILES string of the molecule is CCCCCCOC(=O)C1=CC=C(C)CC=C1C(=O)OCCCCCC. The topological polar surface area (TPSA) is 52.6 Å². The Hall–Kier alpha value is -1.84. The van der Waals surface area contributed by atoms with E-state index < -0.39 is 11.9 Å². The molecule has 0 atom stereocenters. The lowest BCUT2D eigenvalue weighted by atomic mass is 10.1. The summed E-state index contributed by atoms with van der Waals surface area (Å²) in [7, 11) is 0. The highest BCUT2D eigenvalue weighted by Crippen LogP contribution is 2.21. The van der Waals surface area contributed by atoms with E-state index in [-0.39, 0.29) is 0 Å². The smallest absolute Gasteiger partial charge is 0.338 e. The highest BCUT2D eigenvalue weighted by atomic mass is 16.5. The lowest BCUT2D eigenvalue weighted by Gasteiger charge is -2.11. The Morgan fingerprint density at radius 3 is 1.88 bits per heavy atom. The van der Waals surface area contributed by atoms with E-state index in [2.05, 4.69) is 13.8 Å². The maximum atomic E-state index is 12.5. The summed E-state index contributed by atoms with van der Waals surface area (Å²) in [6.45, 7) is 7.03. The van der Waals surface area contributed by atoms with Crippen molar-refractivity contribution in [3.63, 3.8) is 0 Å². The predicted octanol–water partition coefficient (Wildman–Crippen LogP) is 5.44. The highest BCUT2D eigenvalue weighted by molar-refractivity contribution is 6.07. The summed E-state index contributed by atoms with van der Waals surface area (Å²) in [5.74, 6) is -0.875. The van der Waals surface area contributed by atoms with Crippen LogP contribution in [-0.2, 0) is 19.1 Å². The Bertz CT molecular complexity index is 540. The van der Waals surface area contributed by atoms with Crippen LogP contribution in [0.1, 0.15) is 78.6 Å². The van der Waals surface area contributed by atoms with E-state index >= 15 is 0 Å². The number of rotatable bonds is 12. The number of hydrogen-bond acceptors (Lipinski definition) is 4. The van der Waals surface area contributed by atoms with Gasteiger partial charge in [-0.2, -0.15) is 0 Å². The van der Waals surface area contributed by atoms with Crippen molar-refractivity contribution in [1.82, 2.24) is 0 Å². The minimum Gasteiger partial charge on any atom is -0.462 e. The van der Waals surface area contributed by atoms with Gasteiger partial charge in [0.2, 0.25) is 0 Å². The quantitative estimate of drug-likeness (QED) is 0.343. The molecule has 0 spiro atoms. The maximum absolute atomic E-state index is 12.5. The third-order valence-electron chi connectivity index (χ3n) is 4.35. The van der Waals surface area contributed by atoms with E-state index in [9.17, 15) is 9.59 Å². The van der Waals surface area contributed by atoms with Gasteiger partial charge in [-0.3, -0.25) is 0 Å². The molecule has 1 aliphatic carbocycles. The van der Waals surface area contributed by atoms with Gasteiger partial charge in [0.1, 0.15) is 0 Å². The van der Waals surface area contributed by atoms with Crippen LogP contribution in [0.3, 0.4) is 0 Å². The Kier molecular flexibility index (Phi) is 11.4. The molecule has 0 aromatic heterocycles. The summed E-state index contributed by atoms with van der Waals surface area (Å²) in [4.78, 5) is 24.9. The van der Waals surface area contributed by atoms with Crippen molar-refractivity contribution >= 4 is 11.9 Å². The van der Waals surface area contributed by atoms with E-state index in [1.807, 2.05) is 13.0 Å². The molecule has 0 bridgehead atoms. The average Bonchev–Trinajstić information content (AvgIpc) is 2.83. The first kappa shape index (κ1) is 22.2. The van der Waals surface area contributed by atoms with Crippen LogP contribution in [0.4, 0.5) is 0 Å². The van der Waals surface area contributed by atoms with Gasteiger partial charge in [-0.25, -0.2) is 9.59 Å². The minimum absolute atomic E-state index is 0.302. The summed E-state index contributed by atoms with van der Waals surface area (Å²) in [6.07, 6.45) is 14.3. The van der Waals surface area contributed by atoms with Crippen LogP contribution < -0.4 is 0 Å². The number of ether oxygens (including phenoxy) is 2. The Morgan fingerprint density at radius 1 is 0.808 bits per heavy atom. The Morgan fingerprint density at radius 2 is 1.35 bits per heavy atom. The van der Waals surface area contributed by atoms with Crippen molar-refractivity contribution in [2.45, 2.75) is 78.6 Å². The van der Waals surface area contributed by atoms with E-state index in [0.29, 0.717) is 30.8 Å². The summed E-state index contributed by atoms with van der Waals surface area (Å²) < 4.78 is 10.7. The van der Waals surface area contributed by atoms with Crippen molar-refractivity contribution in [2.24, 2.45) is 0 Å². The summed E-state index contributed by atoms with van der Waals surface area (Å²) in [6, 6.07) is 0. The molecule has 0 unspecified atom stereocenters. The van der Waals surface area contributed by atoms with Crippen molar-refractivity contribution < 1.29 is 19.1 Å². The van der Waals surface area contributed by atoms with Gasteiger partial charge in [0.05, 0.1) is 24.4 Å². The first-order valence-corrected chi connectivity index (χ1v) is 10.0. The minimum atomic E-state index is -0.443. The third kappa shape index (κ3) is 8.50. The second kappa shape index (κ2) is 13.4. The zero-order valence-corrected chi connectivity index (χ0v) is 16.6. The monoisotopic (exact) mass is 362 g/mol. The molecular weight excluding hydrogens is 328 g/mol. The number of esters is 2. The zero-order valence-electron chi connectivity index (χ0n) is 16.6. The van der Waals surface area contributed by atoms with Crippen LogP contribution in [0.25, 0.3) is 0 Å². The number of allylic oxidation sites excluding steroid dienone is 4. The van der Waals surface area contributed by atoms with Crippen LogP contribution in [0, 0.1) is 0 Å². The molecule has 0 heterocycles. The fourth-order valence-electron chi connectivity index (χ4n) is 2.67. The highest BCUT2D eigenvalue weighted by Gasteiger charge is 2.24. The van der Waals surface area contributed by atoms with Gasteiger partial charge in [-0.05, 0) is 32.3 Å². The number of carbonyl (C=O) groups is 2. The molecular formula is C22H34O4. The molecule has 0 saturated carbocycles. The van der Waals surface area contributed by atoms with E-state index in [4.69, 9.17) is 9.47 Å². The van der Waals surface area contributed by atoms with Gasteiger partial charge >= 0.3 is 11.9 Å². The third-order valence-corrected chi connectivity index (χ3v) is 4.35. The number of carbonyl (C=O) groups excluding carboxylic acids is 2.